The Bertz CT molecular complexity index is 1120. The quantitative estimate of drug-likeness (QED) is 0.600. The number of aromatic nitrogens is 1. The van der Waals surface area contributed by atoms with Crippen molar-refractivity contribution in [3.05, 3.63) is 74.0 Å². The minimum absolute atomic E-state index is 0.181. The van der Waals surface area contributed by atoms with Crippen LogP contribution >= 0.6 is 23.2 Å². The summed E-state index contributed by atoms with van der Waals surface area (Å²) in [5, 5.41) is 10.3. The van der Waals surface area contributed by atoms with E-state index in [-0.39, 0.29) is 11.8 Å². The van der Waals surface area contributed by atoms with Crippen LogP contribution < -0.4 is 10.2 Å². The first-order chi connectivity index (χ1) is 12.9. The van der Waals surface area contributed by atoms with Crippen molar-refractivity contribution in [1.29, 1.82) is 0 Å². The number of nitrogens with zero attached hydrogens (tertiary/aromatic N) is 1. The van der Waals surface area contributed by atoms with E-state index in [2.05, 4.69) is 0 Å². The molecule has 0 unspecified atom stereocenters. The summed E-state index contributed by atoms with van der Waals surface area (Å²) in [6, 6.07) is 11.3. The van der Waals surface area contributed by atoms with Crippen molar-refractivity contribution in [3.8, 4) is 5.75 Å². The summed E-state index contributed by atoms with van der Waals surface area (Å²) in [5.74, 6) is -0.181. The van der Waals surface area contributed by atoms with Gasteiger partial charge in [-0.05, 0) is 48.6 Å². The Labute approximate surface area is 164 Å². The van der Waals surface area contributed by atoms with Gasteiger partial charge in [-0.3, -0.25) is 4.79 Å². The van der Waals surface area contributed by atoms with E-state index in [4.69, 9.17) is 33.0 Å². The fourth-order valence-corrected chi connectivity index (χ4v) is 3.60. The predicted molar refractivity (Wildman–Crippen MR) is 104 cm³/mol. The van der Waals surface area contributed by atoms with Gasteiger partial charge in [0.05, 0.1) is 21.8 Å². The van der Waals surface area contributed by atoms with Crippen LogP contribution in [-0.2, 0) is 6.42 Å². The third-order valence-corrected chi connectivity index (χ3v) is 5.49. The lowest BCUT2D eigenvalue weighted by atomic mass is 10.0. The van der Waals surface area contributed by atoms with Gasteiger partial charge in [-0.25, -0.2) is 4.79 Å². The maximum atomic E-state index is 12.7. The smallest absolute Gasteiger partial charge is 0.449 e. The minimum atomic E-state index is -1.50. The summed E-state index contributed by atoms with van der Waals surface area (Å²) >= 11 is 12.3. The zero-order valence-electron chi connectivity index (χ0n) is 14.1. The van der Waals surface area contributed by atoms with Crippen LogP contribution in [0.2, 0.25) is 10.0 Å². The molecule has 138 valence electrons. The van der Waals surface area contributed by atoms with Crippen molar-refractivity contribution in [2.24, 2.45) is 0 Å². The van der Waals surface area contributed by atoms with Gasteiger partial charge < -0.3 is 14.4 Å². The molecule has 1 aliphatic rings. The average Bonchev–Trinajstić information content (AvgIpc) is 3.46. The van der Waals surface area contributed by atoms with Gasteiger partial charge in [-0.2, -0.15) is 0 Å². The van der Waals surface area contributed by atoms with Gasteiger partial charge in [0, 0.05) is 11.4 Å². The molecule has 0 aliphatic heterocycles. The van der Waals surface area contributed by atoms with E-state index in [1.54, 1.807) is 12.1 Å². The molecule has 5 nitrogen and oxygen atoms in total. The Morgan fingerprint density at radius 3 is 2.70 bits per heavy atom. The first kappa shape index (κ1) is 17.9. The number of halogens is 2. The molecule has 1 heterocycles. The van der Waals surface area contributed by atoms with Gasteiger partial charge in [-0.15, -0.1) is 0 Å². The summed E-state index contributed by atoms with van der Waals surface area (Å²) in [4.78, 5) is 23.7. The van der Waals surface area contributed by atoms with Crippen molar-refractivity contribution in [2.75, 3.05) is 0 Å². The molecule has 7 heteroatoms. The number of ether oxygens (including phenoxy) is 1. The highest BCUT2D eigenvalue weighted by Crippen LogP contribution is 2.38. The molecule has 0 spiro atoms. The van der Waals surface area contributed by atoms with Crippen LogP contribution in [0.3, 0.4) is 0 Å². The van der Waals surface area contributed by atoms with Gasteiger partial charge in [-0.1, -0.05) is 41.4 Å². The number of benzene rings is 2. The van der Waals surface area contributed by atoms with Crippen LogP contribution in [0.5, 0.6) is 5.75 Å². The highest BCUT2D eigenvalue weighted by Gasteiger charge is 2.26. The highest BCUT2D eigenvalue weighted by atomic mass is 35.5. The van der Waals surface area contributed by atoms with Crippen LogP contribution in [0.25, 0.3) is 10.9 Å². The summed E-state index contributed by atoms with van der Waals surface area (Å²) in [7, 11) is 0. The van der Waals surface area contributed by atoms with Gasteiger partial charge in [0.15, 0.2) is 5.75 Å². The zero-order chi connectivity index (χ0) is 19.1. The van der Waals surface area contributed by atoms with Crippen molar-refractivity contribution in [1.82, 2.24) is 4.57 Å². The maximum Gasteiger partial charge on any atom is 0.511 e. The lowest BCUT2D eigenvalue weighted by Gasteiger charge is -2.13. The lowest BCUT2D eigenvalue weighted by molar-refractivity contribution is 0.143. The number of carboxylic acid groups (broad SMARTS) is 1. The minimum Gasteiger partial charge on any atom is -0.449 e. The molecule has 3 aromatic rings. The third kappa shape index (κ3) is 3.53. The molecule has 1 N–H and O–H groups in total. The van der Waals surface area contributed by atoms with Crippen LogP contribution in [0, 0.1) is 0 Å². The van der Waals surface area contributed by atoms with E-state index in [1.807, 2.05) is 28.8 Å². The Balaban J connectivity index is 1.83. The van der Waals surface area contributed by atoms with Gasteiger partial charge in [0.1, 0.15) is 0 Å². The first-order valence-electron chi connectivity index (χ1n) is 8.45. The maximum absolute atomic E-state index is 12.7. The van der Waals surface area contributed by atoms with Gasteiger partial charge >= 0.3 is 6.16 Å². The molecule has 27 heavy (non-hydrogen) atoms. The first-order valence-corrected chi connectivity index (χ1v) is 9.21. The predicted octanol–water partition coefficient (Wildman–Crippen LogP) is 5.29. The number of pyridine rings is 1. The van der Waals surface area contributed by atoms with E-state index in [0.717, 1.165) is 29.5 Å². The van der Waals surface area contributed by atoms with Crippen molar-refractivity contribution < 1.29 is 14.6 Å². The normalized spacial score (nSPS) is 13.7. The summed E-state index contributed by atoms with van der Waals surface area (Å²) < 4.78 is 6.63. The molecule has 0 radical (unpaired) electrons. The molecule has 0 saturated heterocycles. The second kappa shape index (κ2) is 6.91. The van der Waals surface area contributed by atoms with E-state index in [0.29, 0.717) is 21.9 Å². The van der Waals surface area contributed by atoms with E-state index in [9.17, 15) is 9.59 Å². The monoisotopic (exact) mass is 403 g/mol. The second-order valence-corrected chi connectivity index (χ2v) is 7.36. The topological polar surface area (TPSA) is 68.5 Å². The number of fused-ring (bicyclic) bond motifs is 1. The van der Waals surface area contributed by atoms with Gasteiger partial charge in [0.2, 0.25) is 5.43 Å². The van der Waals surface area contributed by atoms with E-state index in [1.165, 1.54) is 6.20 Å². The number of hydrogen-bond acceptors (Lipinski definition) is 3. The Morgan fingerprint density at radius 2 is 2.00 bits per heavy atom. The summed E-state index contributed by atoms with van der Waals surface area (Å²) in [5.41, 5.74) is 2.05. The molecule has 0 bridgehead atoms. The fourth-order valence-electron chi connectivity index (χ4n) is 3.21. The Hall–Kier alpha value is -2.50. The molecular weight excluding hydrogens is 389 g/mol. The second-order valence-electron chi connectivity index (χ2n) is 6.57. The zero-order valence-corrected chi connectivity index (χ0v) is 15.6. The van der Waals surface area contributed by atoms with Crippen LogP contribution in [-0.4, -0.2) is 15.8 Å². The molecule has 1 aliphatic carbocycles. The van der Waals surface area contributed by atoms with Crippen LogP contribution in [0.4, 0.5) is 4.79 Å². The molecule has 2 aromatic carbocycles. The van der Waals surface area contributed by atoms with Crippen molar-refractivity contribution >= 4 is 40.3 Å². The molecule has 1 saturated carbocycles. The summed E-state index contributed by atoms with van der Waals surface area (Å²) in [6.07, 6.45) is 2.47. The molecule has 0 amide bonds. The Morgan fingerprint density at radius 1 is 1.22 bits per heavy atom. The van der Waals surface area contributed by atoms with E-state index >= 15 is 0 Å². The number of carbonyl (C=O) groups is 1. The van der Waals surface area contributed by atoms with Crippen LogP contribution in [0.1, 0.15) is 30.0 Å². The molecule has 0 atom stereocenters. The van der Waals surface area contributed by atoms with Gasteiger partial charge in [0.25, 0.3) is 0 Å². The molecular formula is C20H15Cl2NO4. The largest absolute Gasteiger partial charge is 0.511 e. The SMILES string of the molecule is O=C(O)Oc1cn(C2CC2)c2ccc(Cc3cccc(Cl)c3Cl)cc2c1=O. The van der Waals surface area contributed by atoms with Crippen LogP contribution in [0.15, 0.2) is 47.4 Å². The molecule has 1 aromatic heterocycles. The number of rotatable bonds is 4. The lowest BCUT2D eigenvalue weighted by Crippen LogP contribution is -2.16. The Kier molecular flexibility index (Phi) is 4.58. The summed E-state index contributed by atoms with van der Waals surface area (Å²) in [6.45, 7) is 0. The fraction of sp³-hybridized carbons (Fsp3) is 0.200. The van der Waals surface area contributed by atoms with E-state index < -0.39 is 11.6 Å². The van der Waals surface area contributed by atoms with Crippen molar-refractivity contribution in [3.63, 3.8) is 0 Å². The van der Waals surface area contributed by atoms with Crippen molar-refractivity contribution in [2.45, 2.75) is 25.3 Å². The third-order valence-electron chi connectivity index (χ3n) is 4.63. The average molecular weight is 404 g/mol. The molecule has 1 fully saturated rings. The molecule has 4 rings (SSSR count). The number of hydrogen-bond donors (Lipinski definition) is 1. The highest BCUT2D eigenvalue weighted by molar-refractivity contribution is 6.42. The standard InChI is InChI=1S/C20H15Cl2NO4/c21-15-3-1-2-12(18(15)22)8-11-4-7-16-14(9-11)19(24)17(27-20(25)26)10-23(16)13-5-6-13/h1-4,7,9-10,13H,5-6,8H2,(H,25,26).